The van der Waals surface area contributed by atoms with Crippen molar-refractivity contribution in [1.82, 2.24) is 30.4 Å². The summed E-state index contributed by atoms with van der Waals surface area (Å²) in [7, 11) is 2.41. The Morgan fingerprint density at radius 1 is 0.685 bits per heavy atom. The van der Waals surface area contributed by atoms with Gasteiger partial charge in [-0.2, -0.15) is 0 Å². The Kier molecular flexibility index (Phi) is 17.1. The van der Waals surface area contributed by atoms with E-state index >= 15 is 0 Å². The third kappa shape index (κ3) is 12.1. The van der Waals surface area contributed by atoms with Crippen LogP contribution < -0.4 is 21.3 Å². The van der Waals surface area contributed by atoms with Gasteiger partial charge in [-0.05, 0) is 67.6 Å². The molecular formula is C38H52N8O8. The van der Waals surface area contributed by atoms with Crippen LogP contribution in [0, 0.1) is 0 Å². The Morgan fingerprint density at radius 3 is 1.65 bits per heavy atom. The molecule has 0 radical (unpaired) electrons. The number of alkyl carbamates (subject to hydrolysis) is 2. The molecule has 1 aromatic carbocycles. The Balaban J connectivity index is 0.00000122. The van der Waals surface area contributed by atoms with Gasteiger partial charge in [-0.3, -0.25) is 19.2 Å². The maximum Gasteiger partial charge on any atom is 0.407 e. The van der Waals surface area contributed by atoms with Crippen molar-refractivity contribution in [1.29, 1.82) is 0 Å². The van der Waals surface area contributed by atoms with E-state index < -0.39 is 24.3 Å². The first-order chi connectivity index (χ1) is 26.0. The number of benzene rings is 1. The Hall–Kier alpha value is -5.80. The third-order valence-electron chi connectivity index (χ3n) is 8.18. The lowest BCUT2D eigenvalue weighted by Crippen LogP contribution is -2.47. The molecule has 16 nitrogen and oxygen atoms in total. The SMILES string of the molecule is CCC.CCC.COC(=O)NCC(=O)N1CCC[C@H]1C(=O)Nc1ccc(-c2ccc3nc(NC(=O)[C@@H]4CCCN4C(=O)CNC(=O)OC)ccc3c2)cn1. The summed E-state index contributed by atoms with van der Waals surface area (Å²) in [6.45, 7) is 8.80. The average molecular weight is 749 g/mol. The molecule has 54 heavy (non-hydrogen) atoms. The molecule has 0 unspecified atom stereocenters. The zero-order valence-electron chi connectivity index (χ0n) is 31.9. The highest BCUT2D eigenvalue weighted by Gasteiger charge is 2.35. The Morgan fingerprint density at radius 2 is 1.17 bits per heavy atom. The summed E-state index contributed by atoms with van der Waals surface area (Å²) in [5, 5.41) is 11.1. The number of aromatic nitrogens is 2. The van der Waals surface area contributed by atoms with Crippen LogP contribution in [0.3, 0.4) is 0 Å². The molecule has 292 valence electrons. The third-order valence-corrected chi connectivity index (χ3v) is 8.18. The number of carbonyl (C=O) groups is 6. The fraction of sp³-hybridized carbons (Fsp3) is 0.474. The van der Waals surface area contributed by atoms with Crippen LogP contribution in [-0.2, 0) is 28.7 Å². The number of nitrogens with zero attached hydrogens (tertiary/aromatic N) is 4. The van der Waals surface area contributed by atoms with Crippen LogP contribution in [0.5, 0.6) is 0 Å². The van der Waals surface area contributed by atoms with Crippen LogP contribution in [0.25, 0.3) is 22.0 Å². The van der Waals surface area contributed by atoms with Gasteiger partial charge in [0.25, 0.3) is 0 Å². The second kappa shape index (κ2) is 21.7. The van der Waals surface area contributed by atoms with E-state index in [-0.39, 0.29) is 36.7 Å². The van der Waals surface area contributed by atoms with Crippen molar-refractivity contribution in [2.45, 2.75) is 78.3 Å². The fourth-order valence-electron chi connectivity index (χ4n) is 5.75. The number of methoxy groups -OCH3 is 2. The lowest BCUT2D eigenvalue weighted by Gasteiger charge is -2.24. The number of nitrogens with one attached hydrogen (secondary N) is 4. The van der Waals surface area contributed by atoms with Crippen LogP contribution in [0.15, 0.2) is 48.7 Å². The molecule has 5 rings (SSSR count). The van der Waals surface area contributed by atoms with Gasteiger partial charge in [0.2, 0.25) is 23.6 Å². The van der Waals surface area contributed by atoms with E-state index in [9.17, 15) is 28.8 Å². The van der Waals surface area contributed by atoms with Gasteiger partial charge in [0, 0.05) is 30.2 Å². The minimum absolute atomic E-state index is 0.263. The van der Waals surface area contributed by atoms with Crippen molar-refractivity contribution in [3.8, 4) is 11.1 Å². The Labute approximate surface area is 315 Å². The second-order valence-electron chi connectivity index (χ2n) is 12.6. The number of anilines is 2. The predicted octanol–water partition coefficient (Wildman–Crippen LogP) is 4.70. The average Bonchev–Trinajstić information content (AvgIpc) is 3.88. The number of hydrogen-bond acceptors (Lipinski definition) is 10. The van der Waals surface area contributed by atoms with E-state index in [2.05, 4.69) is 68.4 Å². The molecular weight excluding hydrogens is 696 g/mol. The van der Waals surface area contributed by atoms with Crippen LogP contribution in [0.4, 0.5) is 21.2 Å². The first-order valence-corrected chi connectivity index (χ1v) is 18.2. The molecule has 2 saturated heterocycles. The number of fused-ring (bicyclic) bond motifs is 1. The molecule has 16 heteroatoms. The molecule has 2 fully saturated rings. The molecule has 0 bridgehead atoms. The van der Waals surface area contributed by atoms with E-state index in [1.807, 2.05) is 30.3 Å². The first-order valence-electron chi connectivity index (χ1n) is 18.2. The molecule has 0 aliphatic carbocycles. The number of amides is 6. The van der Waals surface area contributed by atoms with Gasteiger partial charge in [0.1, 0.15) is 36.8 Å². The van der Waals surface area contributed by atoms with Gasteiger partial charge >= 0.3 is 12.2 Å². The number of hydrogen-bond donors (Lipinski definition) is 4. The summed E-state index contributed by atoms with van der Waals surface area (Å²) < 4.78 is 8.98. The van der Waals surface area contributed by atoms with Crippen molar-refractivity contribution in [2.75, 3.05) is 51.0 Å². The standard InChI is InChI=1S/C32H36N8O8.2C3H8/c1-47-31(45)34-17-27(41)39-13-3-5-23(39)29(43)37-25-11-9-21(16-33-25)19-7-10-22-20(15-19)8-12-26(36-22)38-30(44)24-6-4-14-40(24)28(42)18-35-32(46)48-2;2*1-3-2/h7-12,15-16,23-24H,3-6,13-14,17-18H2,1-2H3,(H,34,45)(H,35,46)(H,33,37,43)(H,36,38,44);2*3H2,1-2H3/t23-,24-;;/m0../s1. The number of ether oxygens (including phenoxy) is 2. The van der Waals surface area contributed by atoms with E-state index in [0.29, 0.717) is 55.9 Å². The summed E-state index contributed by atoms with van der Waals surface area (Å²) >= 11 is 0. The summed E-state index contributed by atoms with van der Waals surface area (Å²) in [4.78, 5) is 85.6. The first kappa shape index (κ1) is 42.6. The van der Waals surface area contributed by atoms with Crippen molar-refractivity contribution < 1.29 is 38.2 Å². The van der Waals surface area contributed by atoms with Gasteiger partial charge in [0.15, 0.2) is 0 Å². The second-order valence-corrected chi connectivity index (χ2v) is 12.6. The van der Waals surface area contributed by atoms with Crippen LogP contribution in [0.1, 0.15) is 66.2 Å². The molecule has 0 spiro atoms. The summed E-state index contributed by atoms with van der Waals surface area (Å²) in [5.41, 5.74) is 2.30. The van der Waals surface area contributed by atoms with Crippen molar-refractivity contribution in [2.24, 2.45) is 0 Å². The molecule has 2 aliphatic rings. The van der Waals surface area contributed by atoms with Crippen molar-refractivity contribution in [3.63, 3.8) is 0 Å². The molecule has 3 aromatic rings. The molecule has 2 atom stereocenters. The van der Waals surface area contributed by atoms with E-state index in [1.165, 1.54) is 36.9 Å². The Bertz CT molecular complexity index is 1750. The van der Waals surface area contributed by atoms with Gasteiger partial charge in [-0.1, -0.05) is 46.6 Å². The predicted molar refractivity (Wildman–Crippen MR) is 204 cm³/mol. The summed E-state index contributed by atoms with van der Waals surface area (Å²) in [6.07, 6.45) is 5.01. The molecule has 2 aromatic heterocycles. The summed E-state index contributed by atoms with van der Waals surface area (Å²) in [5.74, 6) is -0.789. The normalized spacial score (nSPS) is 15.8. The number of likely N-dealkylation sites (tertiary alicyclic amines) is 2. The lowest BCUT2D eigenvalue weighted by molar-refractivity contribution is -0.135. The molecule has 0 saturated carbocycles. The highest BCUT2D eigenvalue weighted by Crippen LogP contribution is 2.26. The summed E-state index contributed by atoms with van der Waals surface area (Å²) in [6, 6.07) is 11.3. The molecule has 6 amide bonds. The van der Waals surface area contributed by atoms with Gasteiger partial charge in [-0.25, -0.2) is 19.6 Å². The highest BCUT2D eigenvalue weighted by molar-refractivity contribution is 5.99. The fourth-order valence-corrected chi connectivity index (χ4v) is 5.75. The number of rotatable bonds is 9. The highest BCUT2D eigenvalue weighted by atomic mass is 16.5. The van der Waals surface area contributed by atoms with Gasteiger partial charge < -0.3 is 40.5 Å². The minimum Gasteiger partial charge on any atom is -0.453 e. The minimum atomic E-state index is -0.722. The van der Waals surface area contributed by atoms with Crippen LogP contribution in [0.2, 0.25) is 0 Å². The van der Waals surface area contributed by atoms with E-state index in [4.69, 9.17) is 0 Å². The van der Waals surface area contributed by atoms with Gasteiger partial charge in [0.05, 0.1) is 19.7 Å². The number of carbonyl (C=O) groups excluding carboxylic acids is 6. The number of pyridine rings is 2. The molecule has 2 aliphatic heterocycles. The molecule has 4 heterocycles. The zero-order valence-corrected chi connectivity index (χ0v) is 31.9. The van der Waals surface area contributed by atoms with Crippen molar-refractivity contribution in [3.05, 3.63) is 48.7 Å². The topological polar surface area (TPSA) is 201 Å². The monoisotopic (exact) mass is 748 g/mol. The maximum atomic E-state index is 13.0. The quantitative estimate of drug-likeness (QED) is 0.238. The lowest BCUT2D eigenvalue weighted by atomic mass is 10.0. The largest absolute Gasteiger partial charge is 0.453 e. The van der Waals surface area contributed by atoms with Gasteiger partial charge in [-0.15, -0.1) is 0 Å². The van der Waals surface area contributed by atoms with Crippen molar-refractivity contribution >= 4 is 58.4 Å². The maximum absolute atomic E-state index is 13.0. The van der Waals surface area contributed by atoms with E-state index in [1.54, 1.807) is 18.3 Å². The smallest absolute Gasteiger partial charge is 0.407 e. The van der Waals surface area contributed by atoms with Crippen LogP contribution >= 0.6 is 0 Å². The van der Waals surface area contributed by atoms with E-state index in [0.717, 1.165) is 16.5 Å². The molecule has 4 N–H and O–H groups in total. The zero-order chi connectivity index (χ0) is 39.6. The van der Waals surface area contributed by atoms with Crippen LogP contribution in [-0.4, -0.2) is 108 Å².